The number of carbonyl (C=O) groups is 1. The molecule has 0 fully saturated rings. The van der Waals surface area contributed by atoms with Crippen molar-refractivity contribution < 1.29 is 9.53 Å². The average Bonchev–Trinajstić information content (AvgIpc) is 2.51. The van der Waals surface area contributed by atoms with Crippen LogP contribution in [-0.2, 0) is 11.3 Å². The number of carbonyl (C=O) groups excluding carboxylic acids is 1. The number of nitrogen functional groups attached to an aromatic ring is 1. The maximum absolute atomic E-state index is 12.6. The molecule has 2 aromatic rings. The minimum Gasteiger partial charge on any atom is -0.478 e. The van der Waals surface area contributed by atoms with E-state index in [1.807, 2.05) is 55.5 Å². The van der Waals surface area contributed by atoms with Crippen LogP contribution < -0.4 is 15.4 Å². The molecule has 108 valence electrons. The Labute approximate surface area is 124 Å². The smallest absolute Gasteiger partial charge is 0.268 e. The van der Waals surface area contributed by atoms with E-state index >= 15 is 0 Å². The Morgan fingerprint density at radius 1 is 1.14 bits per heavy atom. The monoisotopic (exact) mass is 282 g/mol. The highest BCUT2D eigenvalue weighted by Gasteiger charge is 2.32. The quantitative estimate of drug-likeness (QED) is 0.881. The minimum absolute atomic E-state index is 0.00743. The fraction of sp³-hybridized carbons (Fsp3) is 0.235. The van der Waals surface area contributed by atoms with Crippen LogP contribution in [0.5, 0.6) is 5.75 Å². The summed E-state index contributed by atoms with van der Waals surface area (Å²) in [5.41, 5.74) is 8.30. The molecular formula is C17H18N2O2. The lowest BCUT2D eigenvalue weighted by Crippen LogP contribution is -2.45. The Bertz CT molecular complexity index is 652. The van der Waals surface area contributed by atoms with Crippen LogP contribution in [-0.4, -0.2) is 12.0 Å². The van der Waals surface area contributed by atoms with Crippen molar-refractivity contribution in [1.82, 2.24) is 0 Å². The van der Waals surface area contributed by atoms with Crippen LogP contribution in [0.3, 0.4) is 0 Å². The number of ether oxygens (including phenoxy) is 1. The number of nitrogens with two attached hydrogens (primary N) is 1. The first kappa shape index (κ1) is 13.5. The molecule has 21 heavy (non-hydrogen) atoms. The third-order valence-electron chi connectivity index (χ3n) is 3.66. The first-order chi connectivity index (χ1) is 10.2. The van der Waals surface area contributed by atoms with E-state index in [2.05, 4.69) is 0 Å². The molecule has 0 aliphatic carbocycles. The zero-order valence-corrected chi connectivity index (χ0v) is 12.0. The Balaban J connectivity index is 1.95. The van der Waals surface area contributed by atoms with Crippen molar-refractivity contribution in [2.24, 2.45) is 0 Å². The van der Waals surface area contributed by atoms with E-state index in [4.69, 9.17) is 10.5 Å². The molecule has 0 spiro atoms. The van der Waals surface area contributed by atoms with E-state index in [1.165, 1.54) is 0 Å². The maximum Gasteiger partial charge on any atom is 0.268 e. The molecule has 1 atom stereocenters. The number of fused-ring (bicyclic) bond motifs is 1. The third kappa shape index (κ3) is 2.57. The fourth-order valence-electron chi connectivity index (χ4n) is 2.50. The van der Waals surface area contributed by atoms with E-state index in [0.29, 0.717) is 13.0 Å². The number of hydrogen-bond donors (Lipinski definition) is 1. The van der Waals surface area contributed by atoms with Gasteiger partial charge in [-0.05, 0) is 36.2 Å². The lowest BCUT2D eigenvalue weighted by molar-refractivity contribution is -0.126. The molecule has 1 heterocycles. The summed E-state index contributed by atoms with van der Waals surface area (Å²) in [5.74, 6) is 0.771. The topological polar surface area (TPSA) is 55.6 Å². The second kappa shape index (κ2) is 5.48. The molecule has 1 aliphatic heterocycles. The Hall–Kier alpha value is -2.49. The highest BCUT2D eigenvalue weighted by molar-refractivity contribution is 5.99. The summed E-state index contributed by atoms with van der Waals surface area (Å²) in [6.45, 7) is 2.48. The predicted molar refractivity (Wildman–Crippen MR) is 83.2 cm³/mol. The number of benzene rings is 2. The largest absolute Gasteiger partial charge is 0.478 e. The lowest BCUT2D eigenvalue weighted by atomic mass is 10.1. The van der Waals surface area contributed by atoms with Gasteiger partial charge in [-0.25, -0.2) is 0 Å². The summed E-state index contributed by atoms with van der Waals surface area (Å²) >= 11 is 0. The molecule has 0 aromatic heterocycles. The van der Waals surface area contributed by atoms with Gasteiger partial charge in [0.15, 0.2) is 6.10 Å². The Kier molecular flexibility index (Phi) is 3.52. The van der Waals surface area contributed by atoms with Gasteiger partial charge in [-0.1, -0.05) is 31.2 Å². The molecule has 0 bridgehead atoms. The number of rotatable bonds is 3. The molecule has 1 aliphatic rings. The molecule has 0 radical (unpaired) electrons. The summed E-state index contributed by atoms with van der Waals surface area (Å²) in [6, 6.07) is 15.2. The van der Waals surface area contributed by atoms with Gasteiger partial charge >= 0.3 is 0 Å². The Morgan fingerprint density at radius 3 is 2.57 bits per heavy atom. The molecule has 2 aromatic carbocycles. The van der Waals surface area contributed by atoms with E-state index in [0.717, 1.165) is 22.7 Å². The standard InChI is InChI=1S/C17H18N2O2/c1-2-15-17(20)19(11-12-7-9-13(18)10-8-12)14-5-3-4-6-16(14)21-15/h3-10,15H,2,11,18H2,1H3. The number of para-hydroxylation sites is 2. The SMILES string of the molecule is CCC1Oc2ccccc2N(Cc2ccc(N)cc2)C1=O. The summed E-state index contributed by atoms with van der Waals surface area (Å²) in [6.07, 6.45) is 0.250. The van der Waals surface area contributed by atoms with Crippen LogP contribution in [0.2, 0.25) is 0 Å². The van der Waals surface area contributed by atoms with Gasteiger partial charge in [0.05, 0.1) is 12.2 Å². The second-order valence-corrected chi connectivity index (χ2v) is 5.15. The highest BCUT2D eigenvalue weighted by atomic mass is 16.5. The van der Waals surface area contributed by atoms with Crippen LogP contribution in [0.15, 0.2) is 48.5 Å². The van der Waals surface area contributed by atoms with Crippen molar-refractivity contribution in [2.45, 2.75) is 26.0 Å². The van der Waals surface area contributed by atoms with Crippen LogP contribution in [0.1, 0.15) is 18.9 Å². The van der Waals surface area contributed by atoms with Gasteiger partial charge in [0.25, 0.3) is 5.91 Å². The fourth-order valence-corrected chi connectivity index (χ4v) is 2.50. The van der Waals surface area contributed by atoms with Gasteiger partial charge < -0.3 is 15.4 Å². The molecule has 4 heteroatoms. The van der Waals surface area contributed by atoms with E-state index in [9.17, 15) is 4.79 Å². The summed E-state index contributed by atoms with van der Waals surface area (Å²) in [5, 5.41) is 0. The Morgan fingerprint density at radius 2 is 1.86 bits per heavy atom. The molecule has 2 N–H and O–H groups in total. The van der Waals surface area contributed by atoms with Gasteiger partial charge in [-0.3, -0.25) is 4.79 Å². The lowest BCUT2D eigenvalue weighted by Gasteiger charge is -2.34. The average molecular weight is 282 g/mol. The minimum atomic E-state index is -0.409. The van der Waals surface area contributed by atoms with Crippen molar-refractivity contribution >= 4 is 17.3 Å². The first-order valence-electron chi connectivity index (χ1n) is 7.10. The van der Waals surface area contributed by atoms with Crippen LogP contribution >= 0.6 is 0 Å². The molecule has 3 rings (SSSR count). The highest BCUT2D eigenvalue weighted by Crippen LogP contribution is 2.35. The molecule has 1 unspecified atom stereocenters. The van der Waals surface area contributed by atoms with Crippen LogP contribution in [0.25, 0.3) is 0 Å². The van der Waals surface area contributed by atoms with Crippen molar-refractivity contribution in [3.8, 4) is 5.75 Å². The van der Waals surface area contributed by atoms with E-state index in [1.54, 1.807) is 4.90 Å². The number of nitrogens with zero attached hydrogens (tertiary/aromatic N) is 1. The summed E-state index contributed by atoms with van der Waals surface area (Å²) in [4.78, 5) is 14.4. The van der Waals surface area contributed by atoms with Crippen molar-refractivity contribution in [1.29, 1.82) is 0 Å². The summed E-state index contributed by atoms with van der Waals surface area (Å²) in [7, 11) is 0. The number of amides is 1. The molecule has 0 saturated carbocycles. The van der Waals surface area contributed by atoms with Crippen LogP contribution in [0.4, 0.5) is 11.4 Å². The van der Waals surface area contributed by atoms with Gasteiger partial charge in [0, 0.05) is 5.69 Å². The van der Waals surface area contributed by atoms with Gasteiger partial charge in [0.2, 0.25) is 0 Å². The van der Waals surface area contributed by atoms with Gasteiger partial charge in [-0.2, -0.15) is 0 Å². The number of anilines is 2. The molecular weight excluding hydrogens is 264 g/mol. The van der Waals surface area contributed by atoms with Crippen LogP contribution in [0, 0.1) is 0 Å². The zero-order chi connectivity index (χ0) is 14.8. The zero-order valence-electron chi connectivity index (χ0n) is 12.0. The number of hydrogen-bond acceptors (Lipinski definition) is 3. The van der Waals surface area contributed by atoms with Gasteiger partial charge in [-0.15, -0.1) is 0 Å². The van der Waals surface area contributed by atoms with Crippen molar-refractivity contribution in [2.75, 3.05) is 10.6 Å². The normalized spacial score (nSPS) is 17.3. The summed E-state index contributed by atoms with van der Waals surface area (Å²) < 4.78 is 5.77. The molecule has 0 saturated heterocycles. The van der Waals surface area contributed by atoms with E-state index < -0.39 is 6.10 Å². The second-order valence-electron chi connectivity index (χ2n) is 5.15. The molecule has 1 amide bonds. The maximum atomic E-state index is 12.6. The molecule has 4 nitrogen and oxygen atoms in total. The third-order valence-corrected chi connectivity index (χ3v) is 3.66. The van der Waals surface area contributed by atoms with Crippen molar-refractivity contribution in [3.05, 3.63) is 54.1 Å². The predicted octanol–water partition coefficient (Wildman–Crippen LogP) is 2.97. The van der Waals surface area contributed by atoms with Crippen molar-refractivity contribution in [3.63, 3.8) is 0 Å². The first-order valence-corrected chi connectivity index (χ1v) is 7.10. The van der Waals surface area contributed by atoms with Gasteiger partial charge in [0.1, 0.15) is 5.75 Å². The van der Waals surface area contributed by atoms with E-state index in [-0.39, 0.29) is 5.91 Å².